The number of aromatic nitrogens is 3. The van der Waals surface area contributed by atoms with Crippen molar-refractivity contribution in [3.8, 4) is 0 Å². The molecule has 0 bridgehead atoms. The summed E-state index contributed by atoms with van der Waals surface area (Å²) in [5.74, 6) is 0.982. The first-order valence-corrected chi connectivity index (χ1v) is 10.6. The highest BCUT2D eigenvalue weighted by Crippen LogP contribution is 2.37. The third kappa shape index (κ3) is 4.32. The molecular weight excluding hydrogens is 362 g/mol. The van der Waals surface area contributed by atoms with Gasteiger partial charge in [0, 0.05) is 12.1 Å². The fourth-order valence-corrected chi connectivity index (χ4v) is 4.87. The van der Waals surface area contributed by atoms with Crippen molar-refractivity contribution in [1.29, 1.82) is 0 Å². The zero-order chi connectivity index (χ0) is 18.1. The normalized spacial score (nSPS) is 26.4. The summed E-state index contributed by atoms with van der Waals surface area (Å²) in [4.78, 5) is 15.6. The molecule has 0 aromatic carbocycles. The van der Waals surface area contributed by atoms with Crippen molar-refractivity contribution >= 4 is 18.3 Å². The molecule has 4 rings (SSSR count). The van der Waals surface area contributed by atoms with Gasteiger partial charge in [-0.1, -0.05) is 18.6 Å². The summed E-state index contributed by atoms with van der Waals surface area (Å²) >= 11 is 0. The molecule has 3 fully saturated rings. The van der Waals surface area contributed by atoms with Crippen LogP contribution in [-0.4, -0.2) is 51.0 Å². The minimum absolute atomic E-state index is 0. The van der Waals surface area contributed by atoms with E-state index >= 15 is 0 Å². The zero-order valence-electron chi connectivity index (χ0n) is 16.7. The Labute approximate surface area is 168 Å². The summed E-state index contributed by atoms with van der Waals surface area (Å²) in [6.45, 7) is 6.34. The smallest absolute Gasteiger partial charge is 0.276 e. The lowest BCUT2D eigenvalue weighted by molar-refractivity contribution is 0.0580. The van der Waals surface area contributed by atoms with Crippen molar-refractivity contribution < 1.29 is 4.79 Å². The van der Waals surface area contributed by atoms with Gasteiger partial charge in [-0.2, -0.15) is 0 Å². The molecular formula is C20H34ClN5O. The molecule has 1 aromatic heterocycles. The first-order chi connectivity index (χ1) is 12.7. The maximum atomic E-state index is 13.4. The van der Waals surface area contributed by atoms with Crippen molar-refractivity contribution in [1.82, 2.24) is 25.2 Å². The topological polar surface area (TPSA) is 63.1 Å². The summed E-state index contributed by atoms with van der Waals surface area (Å²) in [6, 6.07) is 1.22. The molecule has 2 saturated carbocycles. The molecule has 2 aliphatic carbocycles. The van der Waals surface area contributed by atoms with Gasteiger partial charge in [0.05, 0.1) is 11.7 Å². The predicted octanol–water partition coefficient (Wildman–Crippen LogP) is 3.51. The van der Waals surface area contributed by atoms with Gasteiger partial charge in [-0.15, -0.1) is 17.5 Å². The van der Waals surface area contributed by atoms with Crippen molar-refractivity contribution in [2.45, 2.75) is 89.8 Å². The molecule has 0 spiro atoms. The zero-order valence-corrected chi connectivity index (χ0v) is 17.5. The summed E-state index contributed by atoms with van der Waals surface area (Å²) in [5.41, 5.74) is 1.54. The van der Waals surface area contributed by atoms with Gasteiger partial charge in [-0.3, -0.25) is 4.79 Å². The van der Waals surface area contributed by atoms with E-state index in [2.05, 4.69) is 27.5 Å². The van der Waals surface area contributed by atoms with Crippen LogP contribution in [0, 0.1) is 12.8 Å². The van der Waals surface area contributed by atoms with E-state index in [1.807, 2.05) is 11.6 Å². The highest BCUT2D eigenvalue weighted by molar-refractivity contribution is 5.94. The van der Waals surface area contributed by atoms with E-state index < -0.39 is 0 Å². The number of hydrogen-bond acceptors (Lipinski definition) is 4. The predicted molar refractivity (Wildman–Crippen MR) is 108 cm³/mol. The lowest BCUT2D eigenvalue weighted by Gasteiger charge is -2.36. The Bertz CT molecular complexity index is 630. The molecule has 7 heteroatoms. The molecule has 0 radical (unpaired) electrons. The Balaban J connectivity index is 0.00000210. The summed E-state index contributed by atoms with van der Waals surface area (Å²) in [7, 11) is 0. The van der Waals surface area contributed by atoms with E-state index in [0.29, 0.717) is 23.8 Å². The number of nitrogens with zero attached hydrogens (tertiary/aromatic N) is 4. The third-order valence-electron chi connectivity index (χ3n) is 6.75. The van der Waals surface area contributed by atoms with Crippen LogP contribution in [0.4, 0.5) is 0 Å². The number of hydrogen-bond donors (Lipinski definition) is 1. The molecule has 27 heavy (non-hydrogen) atoms. The Morgan fingerprint density at radius 2 is 1.67 bits per heavy atom. The SMILES string of the molecule is CCC1CCC(N(C(=O)c2nnn(C3CCNCC3)c2C)C2CC2)CC1.Cl. The fraction of sp³-hybridized carbons (Fsp3) is 0.850. The number of amides is 1. The second kappa shape index (κ2) is 8.91. The lowest BCUT2D eigenvalue weighted by Crippen LogP contribution is -2.44. The Kier molecular flexibility index (Phi) is 6.79. The van der Waals surface area contributed by atoms with Crippen LogP contribution >= 0.6 is 12.4 Å². The first kappa shape index (κ1) is 20.6. The minimum atomic E-state index is 0. The monoisotopic (exact) mass is 395 g/mol. The maximum absolute atomic E-state index is 13.4. The van der Waals surface area contributed by atoms with Gasteiger partial charge in [-0.05, 0) is 77.3 Å². The number of piperidine rings is 1. The van der Waals surface area contributed by atoms with Crippen LogP contribution in [0.25, 0.3) is 0 Å². The van der Waals surface area contributed by atoms with Gasteiger partial charge >= 0.3 is 0 Å². The molecule has 1 aromatic rings. The van der Waals surface area contributed by atoms with Crippen LogP contribution in [0.1, 0.15) is 86.9 Å². The fourth-order valence-electron chi connectivity index (χ4n) is 4.87. The molecule has 6 nitrogen and oxygen atoms in total. The highest BCUT2D eigenvalue weighted by Gasteiger charge is 2.40. The molecule has 152 valence electrons. The Hall–Kier alpha value is -1.14. The Morgan fingerprint density at radius 3 is 2.22 bits per heavy atom. The molecule has 0 atom stereocenters. The van der Waals surface area contributed by atoms with Gasteiger partial charge in [0.25, 0.3) is 5.91 Å². The minimum Gasteiger partial charge on any atom is -0.331 e. The average Bonchev–Trinajstić information content (AvgIpc) is 3.44. The summed E-state index contributed by atoms with van der Waals surface area (Å²) < 4.78 is 2.01. The van der Waals surface area contributed by atoms with Gasteiger partial charge in [0.1, 0.15) is 0 Å². The van der Waals surface area contributed by atoms with Gasteiger partial charge < -0.3 is 10.2 Å². The first-order valence-electron chi connectivity index (χ1n) is 10.6. The van der Waals surface area contributed by atoms with Gasteiger partial charge in [0.15, 0.2) is 5.69 Å². The van der Waals surface area contributed by atoms with Crippen molar-refractivity contribution in [2.75, 3.05) is 13.1 Å². The van der Waals surface area contributed by atoms with Crippen molar-refractivity contribution in [3.63, 3.8) is 0 Å². The van der Waals surface area contributed by atoms with Crippen LogP contribution < -0.4 is 5.32 Å². The van der Waals surface area contributed by atoms with Crippen LogP contribution in [0.3, 0.4) is 0 Å². The van der Waals surface area contributed by atoms with E-state index in [1.165, 1.54) is 19.3 Å². The van der Waals surface area contributed by atoms with E-state index in [4.69, 9.17) is 0 Å². The largest absolute Gasteiger partial charge is 0.331 e. The summed E-state index contributed by atoms with van der Waals surface area (Å²) in [6.07, 6.45) is 10.5. The average molecular weight is 396 g/mol. The number of carbonyl (C=O) groups is 1. The highest BCUT2D eigenvalue weighted by atomic mass is 35.5. The molecule has 1 N–H and O–H groups in total. The van der Waals surface area contributed by atoms with Crippen molar-refractivity contribution in [2.24, 2.45) is 5.92 Å². The van der Waals surface area contributed by atoms with Gasteiger partial charge in [-0.25, -0.2) is 4.68 Å². The molecule has 3 aliphatic rings. The maximum Gasteiger partial charge on any atom is 0.276 e. The lowest BCUT2D eigenvalue weighted by atomic mass is 9.83. The summed E-state index contributed by atoms with van der Waals surface area (Å²) in [5, 5.41) is 12.1. The molecule has 1 saturated heterocycles. The van der Waals surface area contributed by atoms with Crippen LogP contribution in [0.5, 0.6) is 0 Å². The number of carbonyl (C=O) groups excluding carboxylic acids is 1. The van der Waals surface area contributed by atoms with E-state index in [9.17, 15) is 4.79 Å². The molecule has 2 heterocycles. The second-order valence-corrected chi connectivity index (χ2v) is 8.48. The number of halogens is 1. The van der Waals surface area contributed by atoms with E-state index in [1.54, 1.807) is 0 Å². The molecule has 0 unspecified atom stereocenters. The quantitative estimate of drug-likeness (QED) is 0.828. The van der Waals surface area contributed by atoms with Crippen LogP contribution in [0.2, 0.25) is 0 Å². The number of nitrogens with one attached hydrogen (secondary N) is 1. The standard InChI is InChI=1S/C20H33N5O.ClH/c1-3-15-4-6-16(7-5-15)24(17-8-9-17)20(26)19-14(2)25(23-22-19)18-10-12-21-13-11-18;/h15-18,21H,3-13H2,1-2H3;1H. The van der Waals surface area contributed by atoms with Crippen LogP contribution in [0.15, 0.2) is 0 Å². The molecule has 1 aliphatic heterocycles. The van der Waals surface area contributed by atoms with Crippen molar-refractivity contribution in [3.05, 3.63) is 11.4 Å². The number of rotatable bonds is 5. The Morgan fingerprint density at radius 1 is 1.07 bits per heavy atom. The van der Waals surface area contributed by atoms with Crippen LogP contribution in [-0.2, 0) is 0 Å². The second-order valence-electron chi connectivity index (χ2n) is 8.48. The third-order valence-corrected chi connectivity index (χ3v) is 6.75. The van der Waals surface area contributed by atoms with Gasteiger partial charge in [0.2, 0.25) is 0 Å². The molecule has 1 amide bonds. The van der Waals surface area contributed by atoms with E-state index in [-0.39, 0.29) is 18.3 Å². The van der Waals surface area contributed by atoms with E-state index in [0.717, 1.165) is 63.2 Å².